The summed E-state index contributed by atoms with van der Waals surface area (Å²) in [6.45, 7) is 2.36. The third-order valence-electron chi connectivity index (χ3n) is 4.28. The van der Waals surface area contributed by atoms with Crippen molar-refractivity contribution in [2.45, 2.75) is 30.7 Å². The van der Waals surface area contributed by atoms with Gasteiger partial charge in [-0.15, -0.1) is 0 Å². The number of rotatable bonds is 5. The molecule has 0 spiro atoms. The van der Waals surface area contributed by atoms with Crippen molar-refractivity contribution < 1.29 is 22.5 Å². The first-order chi connectivity index (χ1) is 11.2. The quantitative estimate of drug-likeness (QED) is 0.627. The van der Waals surface area contributed by atoms with E-state index in [1.165, 1.54) is 4.31 Å². The number of sulfonamides is 1. The van der Waals surface area contributed by atoms with Crippen molar-refractivity contribution in [3.63, 3.8) is 0 Å². The molecule has 1 aliphatic rings. The maximum atomic E-state index is 14.0. The third-order valence-corrected chi connectivity index (χ3v) is 6.15. The van der Waals surface area contributed by atoms with Gasteiger partial charge in [0, 0.05) is 25.2 Å². The van der Waals surface area contributed by atoms with Gasteiger partial charge in [-0.05, 0) is 31.7 Å². The van der Waals surface area contributed by atoms with Crippen molar-refractivity contribution in [1.29, 1.82) is 0 Å². The predicted octanol–water partition coefficient (Wildman–Crippen LogP) is 1.49. The highest BCUT2D eigenvalue weighted by molar-refractivity contribution is 7.89. The summed E-state index contributed by atoms with van der Waals surface area (Å²) >= 11 is 0. The zero-order chi connectivity index (χ0) is 18.1. The summed E-state index contributed by atoms with van der Waals surface area (Å²) in [5.74, 6) is -1.45. The van der Waals surface area contributed by atoms with Gasteiger partial charge in [0.15, 0.2) is 5.82 Å². The molecule has 1 aliphatic heterocycles. The van der Waals surface area contributed by atoms with E-state index in [1.54, 1.807) is 0 Å². The van der Waals surface area contributed by atoms with Crippen molar-refractivity contribution >= 4 is 15.7 Å². The Morgan fingerprint density at radius 1 is 1.42 bits per heavy atom. The summed E-state index contributed by atoms with van der Waals surface area (Å²) in [4.78, 5) is 9.72. The molecular weight excluding hydrogens is 341 g/mol. The second-order valence-electron chi connectivity index (χ2n) is 5.82. The van der Waals surface area contributed by atoms with E-state index >= 15 is 0 Å². The van der Waals surface area contributed by atoms with Crippen molar-refractivity contribution in [3.8, 4) is 5.75 Å². The first-order valence-electron chi connectivity index (χ1n) is 7.46. The molecule has 1 saturated heterocycles. The molecule has 0 aliphatic carbocycles. The second kappa shape index (κ2) is 6.99. The number of methoxy groups -OCH3 is 1. The Labute approximate surface area is 139 Å². The first-order valence-corrected chi connectivity index (χ1v) is 8.90. The number of ether oxygens (including phenoxy) is 1. The Bertz CT molecular complexity index is 730. The van der Waals surface area contributed by atoms with Crippen LogP contribution in [0.15, 0.2) is 17.0 Å². The highest BCUT2D eigenvalue weighted by atomic mass is 32.2. The molecule has 1 aromatic rings. The first kappa shape index (κ1) is 18.6. The molecule has 0 radical (unpaired) electrons. The number of halogens is 1. The van der Waals surface area contributed by atoms with E-state index < -0.39 is 37.1 Å². The molecule has 8 nitrogen and oxygen atoms in total. The van der Waals surface area contributed by atoms with E-state index in [1.807, 2.05) is 6.92 Å². The van der Waals surface area contributed by atoms with Gasteiger partial charge in [0.05, 0.1) is 16.9 Å². The zero-order valence-electron chi connectivity index (χ0n) is 13.4. The molecule has 2 N–H and O–H groups in total. The molecule has 1 atom stereocenters. The molecule has 24 heavy (non-hydrogen) atoms. The van der Waals surface area contributed by atoms with Crippen LogP contribution in [-0.4, -0.2) is 43.9 Å². The van der Waals surface area contributed by atoms with E-state index in [2.05, 4.69) is 4.74 Å². The van der Waals surface area contributed by atoms with E-state index in [4.69, 9.17) is 5.73 Å². The lowest BCUT2D eigenvalue weighted by Gasteiger charge is -2.32. The van der Waals surface area contributed by atoms with Gasteiger partial charge in [0.25, 0.3) is 0 Å². The number of hydrogen-bond donors (Lipinski definition) is 1. The summed E-state index contributed by atoms with van der Waals surface area (Å²) in [7, 11) is -2.94. The van der Waals surface area contributed by atoms with Crippen LogP contribution in [0, 0.1) is 21.8 Å². The number of benzene rings is 1. The van der Waals surface area contributed by atoms with Crippen molar-refractivity contribution in [2.75, 3.05) is 20.2 Å². The van der Waals surface area contributed by atoms with Crippen molar-refractivity contribution in [2.24, 2.45) is 11.7 Å². The minimum absolute atomic E-state index is 0.0330. The minimum atomic E-state index is -4.02. The summed E-state index contributed by atoms with van der Waals surface area (Å²) in [5.41, 5.74) is 5.11. The number of nitrogens with zero attached hydrogens (tertiary/aromatic N) is 2. The molecule has 10 heteroatoms. The highest BCUT2D eigenvalue weighted by Gasteiger charge is 2.33. The van der Waals surface area contributed by atoms with Crippen LogP contribution in [0.4, 0.5) is 10.1 Å². The van der Waals surface area contributed by atoms with Gasteiger partial charge >= 0.3 is 5.69 Å². The summed E-state index contributed by atoms with van der Waals surface area (Å²) in [5, 5.41) is 11.0. The van der Waals surface area contributed by atoms with Crippen LogP contribution in [0.1, 0.15) is 19.8 Å². The van der Waals surface area contributed by atoms with Gasteiger partial charge in [-0.25, -0.2) is 12.8 Å². The fourth-order valence-electron chi connectivity index (χ4n) is 2.83. The maximum Gasteiger partial charge on any atom is 0.315 e. The average Bonchev–Trinajstić information content (AvgIpc) is 2.53. The lowest BCUT2D eigenvalue weighted by Crippen LogP contribution is -2.42. The van der Waals surface area contributed by atoms with Crippen LogP contribution in [-0.2, 0) is 10.0 Å². The van der Waals surface area contributed by atoms with E-state index in [-0.39, 0.29) is 25.0 Å². The van der Waals surface area contributed by atoms with Gasteiger partial charge < -0.3 is 10.5 Å². The molecule has 0 aromatic heterocycles. The van der Waals surface area contributed by atoms with Crippen LogP contribution in [0.25, 0.3) is 0 Å². The summed E-state index contributed by atoms with van der Waals surface area (Å²) in [6.07, 6.45) is 1.19. The highest BCUT2D eigenvalue weighted by Crippen LogP contribution is 2.34. The molecule has 134 valence electrons. The molecule has 1 unspecified atom stereocenters. The van der Waals surface area contributed by atoms with Crippen LogP contribution in [0.2, 0.25) is 0 Å². The standard InChI is InChI=1S/C14H20FN3O5S/c1-9(16)10-3-5-17(6-4-10)24(21,22)11-7-12(15)14(23-2)13(8-11)18(19)20/h7-10H,3-6,16H2,1-2H3. The molecule has 0 bridgehead atoms. The average molecular weight is 361 g/mol. The van der Waals surface area contributed by atoms with E-state index in [0.29, 0.717) is 12.8 Å². The fraction of sp³-hybridized carbons (Fsp3) is 0.571. The van der Waals surface area contributed by atoms with Crippen LogP contribution in [0.5, 0.6) is 5.75 Å². The zero-order valence-corrected chi connectivity index (χ0v) is 14.3. The van der Waals surface area contributed by atoms with Crippen LogP contribution < -0.4 is 10.5 Å². The Kier molecular flexibility index (Phi) is 5.41. The largest absolute Gasteiger partial charge is 0.488 e. The van der Waals surface area contributed by atoms with Crippen molar-refractivity contribution in [1.82, 2.24) is 4.31 Å². The maximum absolute atomic E-state index is 14.0. The SMILES string of the molecule is COc1c(F)cc(S(=O)(=O)N2CCC(C(C)N)CC2)cc1[N+](=O)[O-]. The van der Waals surface area contributed by atoms with Crippen LogP contribution in [0.3, 0.4) is 0 Å². The molecule has 0 amide bonds. The number of nitro benzene ring substituents is 1. The number of hydrogen-bond acceptors (Lipinski definition) is 6. The molecular formula is C14H20FN3O5S. The topological polar surface area (TPSA) is 116 Å². The van der Waals surface area contributed by atoms with Gasteiger partial charge in [0.1, 0.15) is 0 Å². The normalized spacial score (nSPS) is 18.3. The summed E-state index contributed by atoms with van der Waals surface area (Å²) in [6, 6.07) is 1.54. The van der Waals surface area contributed by atoms with Gasteiger partial charge in [0.2, 0.25) is 15.8 Å². The number of piperidine rings is 1. The monoisotopic (exact) mass is 361 g/mol. The van der Waals surface area contributed by atoms with Gasteiger partial charge in [-0.1, -0.05) is 0 Å². The number of nitrogens with two attached hydrogens (primary N) is 1. The lowest BCUT2D eigenvalue weighted by atomic mass is 9.92. The third kappa shape index (κ3) is 3.50. The van der Waals surface area contributed by atoms with Crippen LogP contribution >= 0.6 is 0 Å². The lowest BCUT2D eigenvalue weighted by molar-refractivity contribution is -0.386. The Balaban J connectivity index is 2.35. The Hall–Kier alpha value is -1.78. The van der Waals surface area contributed by atoms with E-state index in [0.717, 1.165) is 19.2 Å². The fourth-order valence-corrected chi connectivity index (χ4v) is 4.33. The second-order valence-corrected chi connectivity index (χ2v) is 7.75. The molecule has 1 heterocycles. The molecule has 1 aromatic carbocycles. The predicted molar refractivity (Wildman–Crippen MR) is 84.7 cm³/mol. The molecule has 1 fully saturated rings. The smallest absolute Gasteiger partial charge is 0.315 e. The van der Waals surface area contributed by atoms with Gasteiger partial charge in [-0.3, -0.25) is 10.1 Å². The number of nitro groups is 1. The molecule has 0 saturated carbocycles. The Morgan fingerprint density at radius 2 is 2.00 bits per heavy atom. The Morgan fingerprint density at radius 3 is 2.46 bits per heavy atom. The van der Waals surface area contributed by atoms with E-state index in [9.17, 15) is 22.9 Å². The molecule has 2 rings (SSSR count). The van der Waals surface area contributed by atoms with Crippen molar-refractivity contribution in [3.05, 3.63) is 28.1 Å². The minimum Gasteiger partial charge on any atom is -0.488 e. The van der Waals surface area contributed by atoms with Gasteiger partial charge in [-0.2, -0.15) is 4.31 Å². The summed E-state index contributed by atoms with van der Waals surface area (Å²) < 4.78 is 45.2.